The van der Waals surface area contributed by atoms with Gasteiger partial charge in [0.05, 0.1) is 0 Å². The smallest absolute Gasteiger partial charge is 0.141 e. The Labute approximate surface area is 102 Å². The Bertz CT molecular complexity index is 476. The third-order valence-corrected chi connectivity index (χ3v) is 2.69. The van der Waals surface area contributed by atoms with Crippen LogP contribution in [-0.2, 0) is 13.1 Å². The topological polar surface area (TPSA) is 42.7 Å². The minimum absolute atomic E-state index is 0.851. The summed E-state index contributed by atoms with van der Waals surface area (Å²) in [7, 11) is 0. The van der Waals surface area contributed by atoms with Gasteiger partial charge in [-0.15, -0.1) is 0 Å². The number of nitrogens with one attached hydrogen (secondary N) is 1. The van der Waals surface area contributed by atoms with Gasteiger partial charge in [0.15, 0.2) is 0 Å². The molecule has 0 aliphatic rings. The van der Waals surface area contributed by atoms with E-state index in [1.165, 1.54) is 5.56 Å². The summed E-state index contributed by atoms with van der Waals surface area (Å²) in [4.78, 5) is 8.66. The zero-order valence-electron chi connectivity index (χ0n) is 10.3. The maximum atomic E-state index is 4.38. The van der Waals surface area contributed by atoms with Gasteiger partial charge in [-0.2, -0.15) is 0 Å². The molecule has 0 saturated carbocycles. The van der Waals surface area contributed by atoms with Crippen LogP contribution in [0.5, 0.6) is 0 Å². The minimum Gasteiger partial charge on any atom is -0.331 e. The Hall–Kier alpha value is -1.68. The van der Waals surface area contributed by atoms with E-state index in [-0.39, 0.29) is 0 Å². The van der Waals surface area contributed by atoms with Crippen molar-refractivity contribution in [3.8, 4) is 11.4 Å². The molecule has 17 heavy (non-hydrogen) atoms. The van der Waals surface area contributed by atoms with Gasteiger partial charge >= 0.3 is 0 Å². The molecule has 0 amide bonds. The Kier molecular flexibility index (Phi) is 3.88. The molecule has 4 heteroatoms. The second-order valence-corrected chi connectivity index (χ2v) is 3.90. The number of hydrogen-bond acceptors (Lipinski definition) is 3. The quantitative estimate of drug-likeness (QED) is 0.855. The lowest BCUT2D eigenvalue weighted by molar-refractivity contribution is 0.724. The molecule has 0 aliphatic heterocycles. The highest BCUT2D eigenvalue weighted by molar-refractivity contribution is 5.55. The molecule has 0 atom stereocenters. The highest BCUT2D eigenvalue weighted by Crippen LogP contribution is 2.17. The number of hydrogen-bond donors (Lipinski definition) is 1. The molecule has 0 aromatic carbocycles. The van der Waals surface area contributed by atoms with E-state index in [9.17, 15) is 0 Å². The molecule has 2 heterocycles. The van der Waals surface area contributed by atoms with Crippen LogP contribution < -0.4 is 5.32 Å². The second-order valence-electron chi connectivity index (χ2n) is 3.90. The van der Waals surface area contributed by atoms with E-state index in [4.69, 9.17) is 0 Å². The van der Waals surface area contributed by atoms with E-state index >= 15 is 0 Å². The van der Waals surface area contributed by atoms with Crippen molar-refractivity contribution in [1.29, 1.82) is 0 Å². The van der Waals surface area contributed by atoms with Gasteiger partial charge in [0, 0.05) is 43.4 Å². The number of rotatable bonds is 5. The molecule has 0 unspecified atom stereocenters. The summed E-state index contributed by atoms with van der Waals surface area (Å²) < 4.78 is 2.12. The van der Waals surface area contributed by atoms with E-state index in [2.05, 4.69) is 39.8 Å². The van der Waals surface area contributed by atoms with Crippen molar-refractivity contribution in [2.75, 3.05) is 6.54 Å². The van der Waals surface area contributed by atoms with Crippen molar-refractivity contribution >= 4 is 0 Å². The molecule has 0 fully saturated rings. The maximum absolute atomic E-state index is 4.38. The summed E-state index contributed by atoms with van der Waals surface area (Å²) >= 11 is 0. The Balaban J connectivity index is 2.26. The fraction of sp³-hybridized carbons (Fsp3) is 0.385. The highest BCUT2D eigenvalue weighted by Gasteiger charge is 2.05. The normalized spacial score (nSPS) is 10.7. The van der Waals surface area contributed by atoms with Crippen LogP contribution in [0.15, 0.2) is 30.9 Å². The number of nitrogens with zero attached hydrogens (tertiary/aromatic N) is 3. The summed E-state index contributed by atoms with van der Waals surface area (Å²) in [6.07, 6.45) is 7.58. The van der Waals surface area contributed by atoms with Gasteiger partial charge in [-0.3, -0.25) is 4.98 Å². The number of aromatic nitrogens is 3. The third kappa shape index (κ3) is 2.71. The van der Waals surface area contributed by atoms with Crippen molar-refractivity contribution in [1.82, 2.24) is 19.9 Å². The molecule has 0 saturated heterocycles. The van der Waals surface area contributed by atoms with Crippen molar-refractivity contribution in [2.24, 2.45) is 0 Å². The zero-order chi connectivity index (χ0) is 12.1. The van der Waals surface area contributed by atoms with Gasteiger partial charge in [-0.25, -0.2) is 4.98 Å². The zero-order valence-corrected chi connectivity index (χ0v) is 10.3. The van der Waals surface area contributed by atoms with Crippen LogP contribution in [0.1, 0.15) is 19.4 Å². The molecule has 2 aromatic heterocycles. The first-order valence-corrected chi connectivity index (χ1v) is 6.01. The van der Waals surface area contributed by atoms with Gasteiger partial charge in [-0.1, -0.05) is 6.92 Å². The van der Waals surface area contributed by atoms with Crippen molar-refractivity contribution in [2.45, 2.75) is 26.9 Å². The fourth-order valence-electron chi connectivity index (χ4n) is 1.80. The molecule has 2 aromatic rings. The summed E-state index contributed by atoms with van der Waals surface area (Å²) in [5.41, 5.74) is 2.27. The van der Waals surface area contributed by atoms with E-state index in [1.807, 2.05) is 24.8 Å². The fourth-order valence-corrected chi connectivity index (χ4v) is 1.80. The van der Waals surface area contributed by atoms with Gasteiger partial charge in [0.1, 0.15) is 5.82 Å². The lowest BCUT2D eigenvalue weighted by Gasteiger charge is -2.06. The van der Waals surface area contributed by atoms with Crippen molar-refractivity contribution in [3.05, 3.63) is 36.4 Å². The first kappa shape index (κ1) is 11.8. The lowest BCUT2D eigenvalue weighted by Crippen LogP contribution is -2.12. The molecular formula is C13H18N4. The van der Waals surface area contributed by atoms with E-state index in [0.29, 0.717) is 0 Å². The molecule has 4 nitrogen and oxygen atoms in total. The van der Waals surface area contributed by atoms with E-state index in [0.717, 1.165) is 31.0 Å². The minimum atomic E-state index is 0.851. The van der Waals surface area contributed by atoms with Gasteiger partial charge in [0.25, 0.3) is 0 Å². The van der Waals surface area contributed by atoms with Crippen LogP contribution in [0.3, 0.4) is 0 Å². The van der Waals surface area contributed by atoms with Crippen LogP contribution in [-0.4, -0.2) is 21.1 Å². The van der Waals surface area contributed by atoms with Gasteiger partial charge in [-0.05, 0) is 25.1 Å². The summed E-state index contributed by atoms with van der Waals surface area (Å²) in [5.74, 6) is 0.985. The van der Waals surface area contributed by atoms with Crippen LogP contribution in [0, 0.1) is 0 Å². The first-order valence-electron chi connectivity index (χ1n) is 6.01. The first-order chi connectivity index (χ1) is 8.35. The van der Waals surface area contributed by atoms with Crippen LogP contribution in [0.4, 0.5) is 0 Å². The Morgan fingerprint density at radius 1 is 1.29 bits per heavy atom. The Morgan fingerprint density at radius 2 is 2.18 bits per heavy atom. The average Bonchev–Trinajstić information content (AvgIpc) is 2.85. The Morgan fingerprint density at radius 3 is 2.94 bits per heavy atom. The molecule has 2 rings (SSSR count). The standard InChI is InChI=1S/C13H18N4/c1-3-14-8-11-7-12(10-15-9-11)13-16-5-6-17(13)4-2/h5-7,9-10,14H,3-4,8H2,1-2H3. The molecule has 0 radical (unpaired) electrons. The summed E-state index contributed by atoms with van der Waals surface area (Å²) in [5, 5.41) is 3.30. The highest BCUT2D eigenvalue weighted by atomic mass is 15.1. The van der Waals surface area contributed by atoms with Crippen molar-refractivity contribution in [3.63, 3.8) is 0 Å². The number of pyridine rings is 1. The summed E-state index contributed by atoms with van der Waals surface area (Å²) in [6.45, 7) is 6.95. The predicted octanol–water partition coefficient (Wildman–Crippen LogP) is 2.07. The third-order valence-electron chi connectivity index (χ3n) is 2.69. The van der Waals surface area contributed by atoms with Gasteiger partial charge < -0.3 is 9.88 Å². The number of imidazole rings is 1. The van der Waals surface area contributed by atoms with E-state index < -0.39 is 0 Å². The van der Waals surface area contributed by atoms with Gasteiger partial charge in [0.2, 0.25) is 0 Å². The van der Waals surface area contributed by atoms with Crippen LogP contribution >= 0.6 is 0 Å². The number of aryl methyl sites for hydroxylation is 1. The second kappa shape index (κ2) is 5.59. The van der Waals surface area contributed by atoms with Crippen molar-refractivity contribution < 1.29 is 0 Å². The predicted molar refractivity (Wildman–Crippen MR) is 68.5 cm³/mol. The molecule has 1 N–H and O–H groups in total. The molecule has 0 bridgehead atoms. The SMILES string of the molecule is CCNCc1cncc(-c2nccn2CC)c1. The lowest BCUT2D eigenvalue weighted by atomic mass is 10.2. The maximum Gasteiger partial charge on any atom is 0.141 e. The van der Waals surface area contributed by atoms with Crippen LogP contribution in [0.2, 0.25) is 0 Å². The molecule has 0 aliphatic carbocycles. The summed E-state index contributed by atoms with van der Waals surface area (Å²) in [6, 6.07) is 2.14. The molecule has 90 valence electrons. The largest absolute Gasteiger partial charge is 0.331 e. The average molecular weight is 230 g/mol. The molecule has 0 spiro atoms. The molecular weight excluding hydrogens is 212 g/mol. The van der Waals surface area contributed by atoms with Crippen LogP contribution in [0.25, 0.3) is 11.4 Å². The monoisotopic (exact) mass is 230 g/mol. The van der Waals surface area contributed by atoms with E-state index in [1.54, 1.807) is 0 Å².